The average molecular weight is 683 g/mol. The first-order valence-corrected chi connectivity index (χ1v) is 16.6. The van der Waals surface area contributed by atoms with Crippen molar-refractivity contribution in [1.29, 1.82) is 0 Å². The number of anilines is 1. The number of urea groups is 1. The van der Waals surface area contributed by atoms with Gasteiger partial charge in [-0.25, -0.2) is 19.2 Å². The molecule has 0 atom stereocenters. The number of carbonyl (C=O) groups is 4. The van der Waals surface area contributed by atoms with Gasteiger partial charge in [0, 0.05) is 44.5 Å². The highest BCUT2D eigenvalue weighted by atomic mass is 16.6. The summed E-state index contributed by atoms with van der Waals surface area (Å²) in [6.45, 7) is 15.9. The van der Waals surface area contributed by atoms with Crippen LogP contribution in [0.5, 0.6) is 0 Å². The van der Waals surface area contributed by atoms with Gasteiger partial charge in [0.1, 0.15) is 17.0 Å². The molecule has 2 aromatic rings. The molecule has 1 aromatic heterocycles. The Morgan fingerprint density at radius 2 is 1.45 bits per heavy atom. The van der Waals surface area contributed by atoms with Crippen LogP contribution in [0.15, 0.2) is 41.3 Å². The van der Waals surface area contributed by atoms with E-state index in [0.29, 0.717) is 5.69 Å². The van der Waals surface area contributed by atoms with Crippen molar-refractivity contribution in [2.45, 2.75) is 84.5 Å². The molecule has 0 unspecified atom stereocenters. The molecule has 2 aliphatic rings. The van der Waals surface area contributed by atoms with E-state index >= 15 is 0 Å². The lowest BCUT2D eigenvalue weighted by atomic mass is 9.80. The Balaban J connectivity index is 1.26. The summed E-state index contributed by atoms with van der Waals surface area (Å²) < 4.78 is 6.68. The molecule has 0 saturated carbocycles. The average Bonchev–Trinajstić information content (AvgIpc) is 3.00. The van der Waals surface area contributed by atoms with Gasteiger partial charge in [-0.05, 0) is 104 Å². The Morgan fingerprint density at radius 3 is 2.00 bits per heavy atom. The Bertz CT molecular complexity index is 1570. The number of alkyl carbamates (subject to hydrolysis) is 1. The van der Waals surface area contributed by atoms with Gasteiger partial charge in [-0.1, -0.05) is 12.1 Å². The van der Waals surface area contributed by atoms with E-state index in [2.05, 4.69) is 25.8 Å². The van der Waals surface area contributed by atoms with Gasteiger partial charge in [0.05, 0.1) is 5.69 Å². The molecular weight excluding hydrogens is 632 g/mol. The second kappa shape index (κ2) is 14.8. The third kappa shape index (κ3) is 10.2. The molecule has 4 N–H and O–H groups in total. The lowest BCUT2D eigenvalue weighted by Gasteiger charge is -2.40. The van der Waals surface area contributed by atoms with Crippen LogP contribution in [0.1, 0.15) is 66.9 Å². The molecule has 3 heterocycles. The number of aromatic nitrogens is 2. The monoisotopic (exact) mass is 682 g/mol. The summed E-state index contributed by atoms with van der Waals surface area (Å²) in [5, 5.41) is 17.1. The van der Waals surface area contributed by atoms with Gasteiger partial charge in [0.15, 0.2) is 0 Å². The first-order valence-electron chi connectivity index (χ1n) is 16.6. The molecule has 5 amide bonds. The molecule has 0 radical (unpaired) electrons. The minimum atomic E-state index is -1.19. The summed E-state index contributed by atoms with van der Waals surface area (Å²) >= 11 is 0. The van der Waals surface area contributed by atoms with Crippen LogP contribution in [0.3, 0.4) is 0 Å². The fraction of sp³-hybridized carbons (Fsp3) is 0.588. The summed E-state index contributed by atoms with van der Waals surface area (Å²) in [7, 11) is 0. The lowest BCUT2D eigenvalue weighted by Crippen LogP contribution is -2.60. The molecule has 2 saturated heterocycles. The van der Waals surface area contributed by atoms with Crippen LogP contribution >= 0.6 is 0 Å². The number of hydrogen-bond donors (Lipinski definition) is 4. The molecule has 1 aromatic carbocycles. The topological polar surface area (TPSA) is 178 Å². The molecule has 15 nitrogen and oxygen atoms in total. The predicted molar refractivity (Wildman–Crippen MR) is 184 cm³/mol. The van der Waals surface area contributed by atoms with Gasteiger partial charge in [-0.2, -0.15) is 4.98 Å². The SMILES string of the molecule is CC(C)(C)OC(=O)NC(C)(C)C(=O)N1CCN(C(=O)Nc2ccn(-c3ccc(CN4CCC(C(C)(C)NC(=O)O)CC4)cc3)c(=O)n2)CC1. The maximum Gasteiger partial charge on any atom is 0.408 e. The van der Waals surface area contributed by atoms with Crippen LogP contribution in [0.2, 0.25) is 0 Å². The number of piperazine rings is 1. The number of ether oxygens (including phenoxy) is 1. The quantitative estimate of drug-likeness (QED) is 0.325. The van der Waals surface area contributed by atoms with Gasteiger partial charge in [-0.3, -0.25) is 19.6 Å². The summed E-state index contributed by atoms with van der Waals surface area (Å²) in [5.74, 6) is 0.103. The minimum absolute atomic E-state index is 0.120. The van der Waals surface area contributed by atoms with Crippen LogP contribution in [0.4, 0.5) is 20.2 Å². The molecular formula is C34H50N8O7. The maximum absolute atomic E-state index is 13.1. The normalized spacial score (nSPS) is 16.6. The second-order valence-corrected chi connectivity index (χ2v) is 14.8. The van der Waals surface area contributed by atoms with Crippen LogP contribution in [0.25, 0.3) is 5.69 Å². The number of hydrogen-bond acceptors (Lipinski definition) is 8. The van der Waals surface area contributed by atoms with Gasteiger partial charge >= 0.3 is 23.9 Å². The van der Waals surface area contributed by atoms with Crippen molar-refractivity contribution in [1.82, 2.24) is 34.9 Å². The molecule has 15 heteroatoms. The summed E-state index contributed by atoms with van der Waals surface area (Å²) in [5.41, 5.74) is -1.17. The number of likely N-dealkylation sites (tertiary alicyclic amines) is 1. The van der Waals surface area contributed by atoms with E-state index < -0.39 is 40.6 Å². The highest BCUT2D eigenvalue weighted by molar-refractivity contribution is 5.90. The molecule has 2 fully saturated rings. The molecule has 0 aliphatic carbocycles. The molecule has 0 bridgehead atoms. The predicted octanol–water partition coefficient (Wildman–Crippen LogP) is 3.47. The summed E-state index contributed by atoms with van der Waals surface area (Å²) in [6.07, 6.45) is 1.68. The van der Waals surface area contributed by atoms with Crippen LogP contribution in [0, 0.1) is 5.92 Å². The van der Waals surface area contributed by atoms with Crippen LogP contribution < -0.4 is 21.6 Å². The number of carbonyl (C=O) groups excluding carboxylic acids is 3. The molecule has 0 spiro atoms. The first kappa shape index (κ1) is 37.2. The van der Waals surface area contributed by atoms with Crippen LogP contribution in [-0.2, 0) is 16.1 Å². The molecule has 2 aliphatic heterocycles. The lowest BCUT2D eigenvalue weighted by molar-refractivity contribution is -0.138. The maximum atomic E-state index is 13.1. The van der Waals surface area contributed by atoms with E-state index in [1.54, 1.807) is 56.7 Å². The van der Waals surface area contributed by atoms with Crippen molar-refractivity contribution >= 4 is 29.9 Å². The number of carboxylic acid groups (broad SMARTS) is 1. The number of amides is 5. The number of benzene rings is 1. The standard InChI is InChI=1S/C34H50N8O7/c1-32(2,3)49-31(48)38-34(6,7)27(43)40-18-20-41(21-19-40)28(44)35-26-14-17-42(29(45)36-26)25-10-8-23(9-11-25)22-39-15-12-24(13-16-39)33(4,5)37-30(46)47/h8-11,14,17,24,37H,12-13,15-16,18-22H2,1-7H3,(H,38,48)(H,46,47)(H,35,36,44,45). The zero-order valence-electron chi connectivity index (χ0n) is 29.5. The van der Waals surface area contributed by atoms with E-state index in [0.717, 1.165) is 38.0 Å². The smallest absolute Gasteiger partial charge is 0.408 e. The number of nitrogens with one attached hydrogen (secondary N) is 3. The van der Waals surface area contributed by atoms with E-state index in [4.69, 9.17) is 9.84 Å². The Labute approximate surface area is 287 Å². The van der Waals surface area contributed by atoms with E-state index in [9.17, 15) is 24.0 Å². The summed E-state index contributed by atoms with van der Waals surface area (Å²) in [6, 6.07) is 8.78. The van der Waals surface area contributed by atoms with Crippen molar-refractivity contribution in [3.05, 3.63) is 52.6 Å². The zero-order valence-corrected chi connectivity index (χ0v) is 29.5. The van der Waals surface area contributed by atoms with Crippen molar-refractivity contribution in [3.63, 3.8) is 0 Å². The third-order valence-electron chi connectivity index (χ3n) is 8.90. The highest BCUT2D eigenvalue weighted by Gasteiger charge is 2.37. The Morgan fingerprint density at radius 1 is 0.857 bits per heavy atom. The van der Waals surface area contributed by atoms with Gasteiger partial charge < -0.3 is 30.3 Å². The minimum Gasteiger partial charge on any atom is -0.465 e. The molecule has 268 valence electrons. The number of rotatable bonds is 8. The van der Waals surface area contributed by atoms with Crippen LogP contribution in [-0.4, -0.2) is 109 Å². The molecule has 49 heavy (non-hydrogen) atoms. The summed E-state index contributed by atoms with van der Waals surface area (Å²) in [4.78, 5) is 71.9. The number of nitrogens with zero attached hydrogens (tertiary/aromatic N) is 5. The fourth-order valence-corrected chi connectivity index (χ4v) is 6.19. The zero-order chi connectivity index (χ0) is 36.1. The third-order valence-corrected chi connectivity index (χ3v) is 8.90. The Kier molecular flexibility index (Phi) is 11.3. The van der Waals surface area contributed by atoms with Crippen molar-refractivity contribution in [2.75, 3.05) is 44.6 Å². The van der Waals surface area contributed by atoms with Crippen molar-refractivity contribution in [3.8, 4) is 5.69 Å². The second-order valence-electron chi connectivity index (χ2n) is 14.8. The van der Waals surface area contributed by atoms with Gasteiger partial charge in [0.2, 0.25) is 5.91 Å². The Hall–Kier alpha value is -4.66. The number of piperidine rings is 1. The fourth-order valence-electron chi connectivity index (χ4n) is 6.19. The first-order chi connectivity index (χ1) is 22.8. The molecule has 4 rings (SSSR count). The van der Waals surface area contributed by atoms with Crippen molar-refractivity contribution in [2.24, 2.45) is 5.92 Å². The highest BCUT2D eigenvalue weighted by Crippen LogP contribution is 2.29. The van der Waals surface area contributed by atoms with E-state index in [1.807, 2.05) is 38.1 Å². The largest absolute Gasteiger partial charge is 0.465 e. The van der Waals surface area contributed by atoms with Crippen molar-refractivity contribution < 1.29 is 29.0 Å². The van der Waals surface area contributed by atoms with Gasteiger partial charge in [0.25, 0.3) is 0 Å². The van der Waals surface area contributed by atoms with E-state index in [-0.39, 0.29) is 43.8 Å². The van der Waals surface area contributed by atoms with Gasteiger partial charge in [-0.15, -0.1) is 0 Å². The van der Waals surface area contributed by atoms with E-state index in [1.165, 1.54) is 4.57 Å².